The van der Waals surface area contributed by atoms with Crippen molar-refractivity contribution in [1.29, 1.82) is 0 Å². The third-order valence-electron chi connectivity index (χ3n) is 6.69. The summed E-state index contributed by atoms with van der Waals surface area (Å²) in [6, 6.07) is 6.35. The minimum atomic E-state index is -3.69. The molecule has 2 aliphatic carbocycles. The van der Waals surface area contributed by atoms with E-state index in [1.54, 1.807) is 26.0 Å². The van der Waals surface area contributed by atoms with Crippen molar-refractivity contribution in [3.63, 3.8) is 0 Å². The maximum Gasteiger partial charge on any atom is 0.245 e. The van der Waals surface area contributed by atoms with Gasteiger partial charge >= 0.3 is 0 Å². The molecule has 9 heteroatoms. The van der Waals surface area contributed by atoms with Crippen LogP contribution in [0.25, 0.3) is 5.69 Å². The molecule has 3 aromatic rings. The predicted octanol–water partition coefficient (Wildman–Crippen LogP) is 3.96. The van der Waals surface area contributed by atoms with Crippen LogP contribution in [0.4, 0.5) is 4.39 Å². The van der Waals surface area contributed by atoms with Crippen LogP contribution in [0.1, 0.15) is 48.4 Å². The Kier molecular flexibility index (Phi) is 5.05. The first-order valence-electron chi connectivity index (χ1n) is 10.7. The summed E-state index contributed by atoms with van der Waals surface area (Å²) in [5, 5.41) is 8.34. The number of allylic oxidation sites excluding steroid dienone is 1. The Morgan fingerprint density at radius 3 is 2.69 bits per heavy atom. The van der Waals surface area contributed by atoms with E-state index in [-0.39, 0.29) is 22.5 Å². The Balaban J connectivity index is 1.38. The van der Waals surface area contributed by atoms with Gasteiger partial charge in [0, 0.05) is 24.4 Å². The topological polar surface area (TPSA) is 90.0 Å². The highest BCUT2D eigenvalue weighted by atomic mass is 32.2. The second-order valence-corrected chi connectivity index (χ2v) is 10.3. The molecule has 2 heterocycles. The summed E-state index contributed by atoms with van der Waals surface area (Å²) >= 11 is 0. The Morgan fingerprint density at radius 1 is 1.25 bits per heavy atom. The summed E-state index contributed by atoms with van der Waals surface area (Å²) in [7, 11) is -3.69. The second-order valence-electron chi connectivity index (χ2n) is 8.63. The molecule has 32 heavy (non-hydrogen) atoms. The maximum atomic E-state index is 13.3. The van der Waals surface area contributed by atoms with Crippen molar-refractivity contribution in [1.82, 2.24) is 19.7 Å². The molecular weight excluding hydrogens is 431 g/mol. The van der Waals surface area contributed by atoms with Crippen LogP contribution in [-0.2, 0) is 16.4 Å². The number of benzene rings is 1. The van der Waals surface area contributed by atoms with Crippen LogP contribution in [0.5, 0.6) is 0 Å². The number of aryl methyl sites for hydroxylation is 2. The van der Waals surface area contributed by atoms with Crippen LogP contribution in [0.15, 0.2) is 51.0 Å². The number of nitrogens with one attached hydrogen (secondary N) is 1. The van der Waals surface area contributed by atoms with Crippen molar-refractivity contribution in [2.24, 2.45) is 5.92 Å². The Labute approximate surface area is 186 Å². The average molecular weight is 457 g/mol. The molecule has 0 saturated carbocycles. The molecule has 0 bridgehead atoms. The first-order valence-corrected chi connectivity index (χ1v) is 12.2. The second kappa shape index (κ2) is 7.67. The number of hydrogen-bond acceptors (Lipinski definition) is 5. The first-order chi connectivity index (χ1) is 15.3. The molecule has 168 valence electrons. The van der Waals surface area contributed by atoms with E-state index in [1.807, 2.05) is 10.9 Å². The van der Waals surface area contributed by atoms with Gasteiger partial charge in [-0.3, -0.25) is 0 Å². The number of aromatic nitrogens is 3. The lowest BCUT2D eigenvalue weighted by atomic mass is 9.80. The van der Waals surface area contributed by atoms with E-state index in [0.29, 0.717) is 18.0 Å². The van der Waals surface area contributed by atoms with Crippen LogP contribution in [0.3, 0.4) is 0 Å². The molecule has 1 aromatic carbocycles. The summed E-state index contributed by atoms with van der Waals surface area (Å²) in [5.41, 5.74) is 6.15. The largest absolute Gasteiger partial charge is 0.360 e. The van der Waals surface area contributed by atoms with Gasteiger partial charge in [0.15, 0.2) is 5.76 Å². The molecule has 2 atom stereocenters. The Morgan fingerprint density at radius 2 is 2.00 bits per heavy atom. The van der Waals surface area contributed by atoms with Crippen molar-refractivity contribution in [3.05, 3.63) is 70.1 Å². The average Bonchev–Trinajstić information content (AvgIpc) is 3.45. The number of sulfonamides is 1. The number of nitrogens with zero attached hydrogens (tertiary/aromatic N) is 3. The van der Waals surface area contributed by atoms with E-state index >= 15 is 0 Å². The van der Waals surface area contributed by atoms with Crippen LogP contribution >= 0.6 is 0 Å². The molecule has 0 aliphatic heterocycles. The zero-order valence-electron chi connectivity index (χ0n) is 18.2. The molecule has 0 radical (unpaired) electrons. The quantitative estimate of drug-likeness (QED) is 0.587. The summed E-state index contributed by atoms with van der Waals surface area (Å²) in [4.78, 5) is 0.129. The van der Waals surface area contributed by atoms with Crippen molar-refractivity contribution in [2.75, 3.05) is 6.54 Å². The van der Waals surface area contributed by atoms with Gasteiger partial charge in [-0.15, -0.1) is 0 Å². The van der Waals surface area contributed by atoms with E-state index in [9.17, 15) is 12.8 Å². The molecule has 5 rings (SSSR count). The van der Waals surface area contributed by atoms with E-state index in [0.717, 1.165) is 36.2 Å². The monoisotopic (exact) mass is 456 g/mol. The highest BCUT2D eigenvalue weighted by molar-refractivity contribution is 7.89. The minimum absolute atomic E-state index is 0.129. The predicted molar refractivity (Wildman–Crippen MR) is 117 cm³/mol. The molecule has 0 fully saturated rings. The fourth-order valence-corrected chi connectivity index (χ4v) is 6.65. The number of rotatable bonds is 5. The van der Waals surface area contributed by atoms with Crippen molar-refractivity contribution in [2.45, 2.75) is 50.8 Å². The smallest absolute Gasteiger partial charge is 0.245 e. The van der Waals surface area contributed by atoms with E-state index < -0.39 is 10.0 Å². The van der Waals surface area contributed by atoms with Gasteiger partial charge in [0.25, 0.3) is 0 Å². The summed E-state index contributed by atoms with van der Waals surface area (Å²) in [6.07, 6.45) is 4.51. The van der Waals surface area contributed by atoms with Gasteiger partial charge < -0.3 is 4.52 Å². The first kappa shape index (κ1) is 21.1. The number of fused-ring (bicyclic) bond motifs is 1. The SMILES string of the molecule is Cc1noc(C)c1S(=O)(=O)NC[C@H]1CCC2=C1[C@@H](C)c1cnn(-c3ccc(F)cc3)c1C2. The lowest BCUT2D eigenvalue weighted by molar-refractivity contribution is 0.390. The highest BCUT2D eigenvalue weighted by Gasteiger charge is 2.37. The fraction of sp³-hybridized carbons (Fsp3) is 0.391. The van der Waals surface area contributed by atoms with Crippen molar-refractivity contribution in [3.8, 4) is 5.69 Å². The standard InChI is InChI=1S/C23H25FN4O3S/c1-13-20-12-25-28(19-8-6-18(24)7-9-19)21(20)10-16-4-5-17(22(13)16)11-26-32(29,30)23-14(2)27-31-15(23)3/h6-9,12-13,17,26H,4-5,10-11H2,1-3H3/t13-,17+/m0/s1. The van der Waals surface area contributed by atoms with Gasteiger partial charge in [-0.25, -0.2) is 22.2 Å². The molecule has 0 amide bonds. The summed E-state index contributed by atoms with van der Waals surface area (Å²) in [5.74, 6) is 0.313. The molecule has 2 aliphatic rings. The van der Waals surface area contributed by atoms with Gasteiger partial charge in [-0.1, -0.05) is 23.2 Å². The molecule has 0 spiro atoms. The molecule has 1 N–H and O–H groups in total. The zero-order chi connectivity index (χ0) is 22.6. The van der Waals surface area contributed by atoms with Gasteiger partial charge in [0.1, 0.15) is 16.4 Å². The lowest BCUT2D eigenvalue weighted by Crippen LogP contribution is -2.31. The molecule has 2 aromatic heterocycles. The van der Waals surface area contributed by atoms with Gasteiger partial charge in [-0.2, -0.15) is 5.10 Å². The van der Waals surface area contributed by atoms with Gasteiger partial charge in [-0.05, 0) is 56.9 Å². The van der Waals surface area contributed by atoms with Gasteiger partial charge in [0.05, 0.1) is 17.6 Å². The number of halogens is 1. The molecule has 0 saturated heterocycles. The Bertz CT molecular complexity index is 1300. The van der Waals surface area contributed by atoms with Crippen LogP contribution in [0.2, 0.25) is 0 Å². The lowest BCUT2D eigenvalue weighted by Gasteiger charge is -2.27. The highest BCUT2D eigenvalue weighted by Crippen LogP contribution is 2.47. The third kappa shape index (κ3) is 3.40. The van der Waals surface area contributed by atoms with Crippen LogP contribution in [-0.4, -0.2) is 29.9 Å². The van der Waals surface area contributed by atoms with E-state index in [1.165, 1.54) is 23.3 Å². The van der Waals surface area contributed by atoms with E-state index in [2.05, 4.69) is 21.9 Å². The molecule has 7 nitrogen and oxygen atoms in total. The molecular formula is C23H25FN4O3S. The van der Waals surface area contributed by atoms with Crippen molar-refractivity contribution >= 4 is 10.0 Å². The fourth-order valence-electron chi connectivity index (χ4n) is 5.24. The maximum absolute atomic E-state index is 13.3. The van der Waals surface area contributed by atoms with Crippen LogP contribution in [0, 0.1) is 25.6 Å². The van der Waals surface area contributed by atoms with Gasteiger partial charge in [0.2, 0.25) is 10.0 Å². The summed E-state index contributed by atoms with van der Waals surface area (Å²) in [6.45, 7) is 5.74. The minimum Gasteiger partial charge on any atom is -0.360 e. The Hall–Kier alpha value is -2.78. The van der Waals surface area contributed by atoms with E-state index in [4.69, 9.17) is 4.52 Å². The zero-order valence-corrected chi connectivity index (χ0v) is 19.0. The normalized spacial score (nSPS) is 20.5. The number of hydrogen-bond donors (Lipinski definition) is 1. The third-order valence-corrected chi connectivity index (χ3v) is 8.35. The van der Waals surface area contributed by atoms with Crippen LogP contribution < -0.4 is 4.72 Å². The summed E-state index contributed by atoms with van der Waals surface area (Å²) < 4.78 is 48.7. The molecule has 0 unspecified atom stereocenters. The van der Waals surface area contributed by atoms with Crippen molar-refractivity contribution < 1.29 is 17.3 Å².